The summed E-state index contributed by atoms with van der Waals surface area (Å²) in [6.07, 6.45) is 1.45. The number of sulfonamides is 1. The molecule has 5 nitrogen and oxygen atoms in total. The molecule has 1 N–H and O–H groups in total. The minimum Gasteiger partial charge on any atom is -0.322 e. The second-order valence-corrected chi connectivity index (χ2v) is 9.19. The second-order valence-electron chi connectivity index (χ2n) is 6.92. The minimum absolute atomic E-state index is 0.00116. The number of anilines is 2. The van der Waals surface area contributed by atoms with Crippen molar-refractivity contribution in [2.45, 2.75) is 17.7 Å². The van der Waals surface area contributed by atoms with Gasteiger partial charge in [-0.05, 0) is 60.9 Å². The number of nitrogens with one attached hydrogen (secondary N) is 1. The number of carbonyl (C=O) groups excluding carboxylic acids is 1. The summed E-state index contributed by atoms with van der Waals surface area (Å²) in [5.74, 6) is -1.04. The van der Waals surface area contributed by atoms with Crippen LogP contribution in [-0.2, 0) is 16.4 Å². The van der Waals surface area contributed by atoms with E-state index in [1.54, 1.807) is 42.5 Å². The largest absolute Gasteiger partial charge is 0.322 e. The summed E-state index contributed by atoms with van der Waals surface area (Å²) >= 11 is 5.97. The lowest BCUT2D eigenvalue weighted by atomic mass is 10.0. The molecule has 0 radical (unpaired) electrons. The van der Waals surface area contributed by atoms with Crippen molar-refractivity contribution >= 4 is 38.9 Å². The fourth-order valence-corrected chi connectivity index (χ4v) is 5.27. The Balaban J connectivity index is 1.66. The van der Waals surface area contributed by atoms with Crippen LogP contribution in [0.5, 0.6) is 0 Å². The first kappa shape index (κ1) is 20.4. The van der Waals surface area contributed by atoms with E-state index in [9.17, 15) is 17.6 Å². The van der Waals surface area contributed by atoms with Gasteiger partial charge in [0.05, 0.1) is 21.2 Å². The number of amides is 1. The molecule has 0 aliphatic carbocycles. The number of carbonyl (C=O) groups is 1. The van der Waals surface area contributed by atoms with Crippen molar-refractivity contribution in [3.8, 4) is 0 Å². The Morgan fingerprint density at radius 2 is 1.80 bits per heavy atom. The molecule has 0 spiro atoms. The summed E-state index contributed by atoms with van der Waals surface area (Å²) in [7, 11) is -3.73. The Morgan fingerprint density at radius 1 is 1.03 bits per heavy atom. The lowest BCUT2D eigenvalue weighted by Crippen LogP contribution is -2.35. The summed E-state index contributed by atoms with van der Waals surface area (Å²) in [4.78, 5) is 12.8. The quantitative estimate of drug-likeness (QED) is 0.624. The predicted octanol–water partition coefficient (Wildman–Crippen LogP) is 4.87. The molecule has 0 atom stereocenters. The Hall–Kier alpha value is -2.90. The maximum atomic E-state index is 13.2. The Kier molecular flexibility index (Phi) is 5.49. The van der Waals surface area contributed by atoms with Gasteiger partial charge in [-0.25, -0.2) is 12.8 Å². The first-order valence-electron chi connectivity index (χ1n) is 9.33. The van der Waals surface area contributed by atoms with Crippen LogP contribution in [0.4, 0.5) is 15.8 Å². The maximum absolute atomic E-state index is 13.2. The van der Waals surface area contributed by atoms with Crippen molar-refractivity contribution in [3.63, 3.8) is 0 Å². The van der Waals surface area contributed by atoms with Gasteiger partial charge in [0.15, 0.2) is 0 Å². The van der Waals surface area contributed by atoms with Gasteiger partial charge in [-0.15, -0.1) is 0 Å². The Bertz CT molecular complexity index is 1220. The normalized spacial score (nSPS) is 13.6. The monoisotopic (exact) mass is 444 g/mol. The van der Waals surface area contributed by atoms with Gasteiger partial charge in [-0.3, -0.25) is 9.10 Å². The third-order valence-electron chi connectivity index (χ3n) is 4.93. The lowest BCUT2D eigenvalue weighted by molar-refractivity contribution is 0.102. The first-order valence-corrected chi connectivity index (χ1v) is 11.2. The molecule has 1 heterocycles. The van der Waals surface area contributed by atoms with E-state index in [1.807, 2.05) is 6.07 Å². The molecule has 0 fully saturated rings. The predicted molar refractivity (Wildman–Crippen MR) is 115 cm³/mol. The van der Waals surface area contributed by atoms with Crippen LogP contribution in [0.15, 0.2) is 71.6 Å². The van der Waals surface area contributed by atoms with E-state index in [4.69, 9.17) is 11.6 Å². The molecule has 8 heteroatoms. The number of rotatable bonds is 4. The summed E-state index contributed by atoms with van der Waals surface area (Å²) in [6.45, 7) is 0.353. The van der Waals surface area contributed by atoms with Crippen LogP contribution < -0.4 is 9.62 Å². The molecule has 0 bridgehead atoms. The number of hydrogen-bond donors (Lipinski definition) is 1. The van der Waals surface area contributed by atoms with Crippen LogP contribution in [0.3, 0.4) is 0 Å². The van der Waals surface area contributed by atoms with Gasteiger partial charge in [-0.2, -0.15) is 0 Å². The van der Waals surface area contributed by atoms with E-state index in [0.717, 1.165) is 24.1 Å². The zero-order valence-electron chi connectivity index (χ0n) is 15.8. The average Bonchev–Trinajstić information content (AvgIpc) is 2.73. The standard InChI is InChI=1S/C22H18ClFN2O3S/c23-20-13-16(24)9-11-19(20)22(27)25-17-10-8-15-5-4-12-26(21(15)14-17)30(28,29)18-6-2-1-3-7-18/h1-3,6-11,13-14H,4-5,12H2,(H,25,27). The van der Waals surface area contributed by atoms with Crippen LogP contribution in [-0.4, -0.2) is 20.9 Å². The fourth-order valence-electron chi connectivity index (χ4n) is 3.46. The molecule has 4 rings (SSSR count). The molecular weight excluding hydrogens is 427 g/mol. The highest BCUT2D eigenvalue weighted by atomic mass is 35.5. The number of benzene rings is 3. The van der Waals surface area contributed by atoms with Crippen molar-refractivity contribution in [1.82, 2.24) is 0 Å². The highest BCUT2D eigenvalue weighted by molar-refractivity contribution is 7.92. The van der Waals surface area contributed by atoms with Crippen molar-refractivity contribution < 1.29 is 17.6 Å². The topological polar surface area (TPSA) is 66.5 Å². The minimum atomic E-state index is -3.73. The molecule has 0 saturated heterocycles. The fraction of sp³-hybridized carbons (Fsp3) is 0.136. The van der Waals surface area contributed by atoms with Crippen LogP contribution in [0.25, 0.3) is 0 Å². The van der Waals surface area contributed by atoms with E-state index in [0.29, 0.717) is 24.3 Å². The average molecular weight is 445 g/mol. The molecule has 30 heavy (non-hydrogen) atoms. The SMILES string of the molecule is O=C(Nc1ccc2c(c1)N(S(=O)(=O)c1ccccc1)CCC2)c1ccc(F)cc1Cl. The van der Waals surface area contributed by atoms with E-state index < -0.39 is 21.7 Å². The molecule has 3 aromatic rings. The van der Waals surface area contributed by atoms with Gasteiger partial charge in [0.1, 0.15) is 5.82 Å². The van der Waals surface area contributed by atoms with Gasteiger partial charge in [-0.1, -0.05) is 35.9 Å². The maximum Gasteiger partial charge on any atom is 0.264 e. The summed E-state index contributed by atoms with van der Waals surface area (Å²) < 4.78 is 41.0. The van der Waals surface area contributed by atoms with Crippen LogP contribution >= 0.6 is 11.6 Å². The highest BCUT2D eigenvalue weighted by Gasteiger charge is 2.29. The molecule has 0 unspecified atom stereocenters. The van der Waals surface area contributed by atoms with Gasteiger partial charge in [0.2, 0.25) is 0 Å². The first-order chi connectivity index (χ1) is 14.4. The van der Waals surface area contributed by atoms with Crippen molar-refractivity contribution in [2.75, 3.05) is 16.2 Å². The van der Waals surface area contributed by atoms with Gasteiger partial charge in [0.25, 0.3) is 15.9 Å². The number of halogens is 2. The molecule has 1 aliphatic rings. The Morgan fingerprint density at radius 3 is 2.53 bits per heavy atom. The Labute approximate surface area is 179 Å². The van der Waals surface area contributed by atoms with Gasteiger partial charge in [0, 0.05) is 12.2 Å². The molecule has 154 valence electrons. The zero-order valence-corrected chi connectivity index (χ0v) is 17.4. The van der Waals surface area contributed by atoms with Crippen LogP contribution in [0, 0.1) is 5.82 Å². The molecule has 1 amide bonds. The number of hydrogen-bond acceptors (Lipinski definition) is 3. The van der Waals surface area contributed by atoms with E-state index >= 15 is 0 Å². The van der Waals surface area contributed by atoms with Crippen LogP contribution in [0.1, 0.15) is 22.3 Å². The van der Waals surface area contributed by atoms with Gasteiger partial charge >= 0.3 is 0 Å². The summed E-state index contributed by atoms with van der Waals surface area (Å²) in [5.41, 5.74) is 1.98. The molecule has 0 aromatic heterocycles. The molecular formula is C22H18ClFN2O3S. The second kappa shape index (κ2) is 8.08. The highest BCUT2D eigenvalue weighted by Crippen LogP contribution is 2.34. The number of aryl methyl sites for hydroxylation is 1. The zero-order chi connectivity index (χ0) is 21.3. The van der Waals surface area contributed by atoms with Crippen molar-refractivity contribution in [2.24, 2.45) is 0 Å². The number of fused-ring (bicyclic) bond motifs is 1. The molecule has 0 saturated carbocycles. The summed E-state index contributed by atoms with van der Waals surface area (Å²) in [5, 5.41) is 2.71. The van der Waals surface area contributed by atoms with Crippen molar-refractivity contribution in [1.29, 1.82) is 0 Å². The number of nitrogens with zero attached hydrogens (tertiary/aromatic N) is 1. The third kappa shape index (κ3) is 3.91. The molecule has 3 aromatic carbocycles. The van der Waals surface area contributed by atoms with E-state index in [2.05, 4.69) is 5.32 Å². The van der Waals surface area contributed by atoms with E-state index in [-0.39, 0.29) is 15.5 Å². The third-order valence-corrected chi connectivity index (χ3v) is 7.07. The van der Waals surface area contributed by atoms with Gasteiger partial charge < -0.3 is 5.32 Å². The molecule has 1 aliphatic heterocycles. The van der Waals surface area contributed by atoms with E-state index in [1.165, 1.54) is 10.4 Å². The smallest absolute Gasteiger partial charge is 0.264 e. The van der Waals surface area contributed by atoms with Crippen molar-refractivity contribution in [3.05, 3.63) is 88.7 Å². The summed E-state index contributed by atoms with van der Waals surface area (Å²) in [6, 6.07) is 16.9. The van der Waals surface area contributed by atoms with Crippen LogP contribution in [0.2, 0.25) is 5.02 Å². The lowest BCUT2D eigenvalue weighted by Gasteiger charge is -2.31.